The van der Waals surface area contributed by atoms with Gasteiger partial charge in [-0.25, -0.2) is 0 Å². The zero-order chi connectivity index (χ0) is 15.5. The second-order valence-corrected chi connectivity index (χ2v) is 6.40. The minimum atomic E-state index is 0.186. The van der Waals surface area contributed by atoms with Crippen molar-refractivity contribution in [1.29, 1.82) is 0 Å². The van der Waals surface area contributed by atoms with Gasteiger partial charge in [0.05, 0.1) is 12.5 Å². The Labute approximate surface area is 136 Å². The number of benzene rings is 2. The van der Waals surface area contributed by atoms with Crippen LogP contribution in [0.1, 0.15) is 35.6 Å². The highest BCUT2D eigenvalue weighted by Gasteiger charge is 2.29. The molecule has 2 aromatic rings. The third kappa shape index (κ3) is 3.33. The van der Waals surface area contributed by atoms with Crippen molar-refractivity contribution in [3.63, 3.8) is 0 Å². The van der Waals surface area contributed by atoms with Gasteiger partial charge in [0.25, 0.3) is 0 Å². The second-order valence-electron chi connectivity index (χ2n) is 5.96. The van der Waals surface area contributed by atoms with Gasteiger partial charge in [0.2, 0.25) is 5.91 Å². The summed E-state index contributed by atoms with van der Waals surface area (Å²) in [7, 11) is 0. The fourth-order valence-corrected chi connectivity index (χ4v) is 3.34. The molecule has 2 aromatic carbocycles. The van der Waals surface area contributed by atoms with Gasteiger partial charge in [-0.1, -0.05) is 53.6 Å². The summed E-state index contributed by atoms with van der Waals surface area (Å²) < 4.78 is 0. The minimum absolute atomic E-state index is 0.186. The Morgan fingerprint density at radius 2 is 2.00 bits per heavy atom. The molecule has 0 aromatic heterocycles. The van der Waals surface area contributed by atoms with Gasteiger partial charge in [-0.15, -0.1) is 0 Å². The van der Waals surface area contributed by atoms with Gasteiger partial charge >= 0.3 is 0 Å². The van der Waals surface area contributed by atoms with Crippen LogP contribution in [0, 0.1) is 6.92 Å². The average molecular weight is 314 g/mol. The molecule has 1 aliphatic heterocycles. The molecule has 0 radical (unpaired) electrons. The molecule has 0 N–H and O–H groups in total. The summed E-state index contributed by atoms with van der Waals surface area (Å²) in [5.41, 5.74) is 3.47. The highest BCUT2D eigenvalue weighted by atomic mass is 35.5. The van der Waals surface area contributed by atoms with Crippen molar-refractivity contribution in [3.05, 3.63) is 70.2 Å². The van der Waals surface area contributed by atoms with E-state index in [-0.39, 0.29) is 11.9 Å². The van der Waals surface area contributed by atoms with Crippen molar-refractivity contribution in [1.82, 2.24) is 4.90 Å². The molecule has 3 heteroatoms. The molecule has 22 heavy (non-hydrogen) atoms. The number of nitrogens with zero attached hydrogens (tertiary/aromatic N) is 1. The molecule has 1 heterocycles. The number of hydrogen-bond donors (Lipinski definition) is 0. The van der Waals surface area contributed by atoms with Crippen LogP contribution in [-0.2, 0) is 11.2 Å². The molecule has 1 atom stereocenters. The molecule has 1 fully saturated rings. The van der Waals surface area contributed by atoms with Crippen LogP contribution >= 0.6 is 11.6 Å². The predicted molar refractivity (Wildman–Crippen MR) is 90.0 cm³/mol. The molecule has 2 nitrogen and oxygen atoms in total. The molecule has 0 spiro atoms. The fraction of sp³-hybridized carbons (Fsp3) is 0.316. The number of carbonyl (C=O) groups excluding carboxylic acids is 1. The summed E-state index contributed by atoms with van der Waals surface area (Å²) in [6.07, 6.45) is 2.53. The Balaban J connectivity index is 1.75. The molecule has 1 unspecified atom stereocenters. The maximum Gasteiger partial charge on any atom is 0.227 e. The van der Waals surface area contributed by atoms with Gasteiger partial charge in [-0.3, -0.25) is 4.79 Å². The van der Waals surface area contributed by atoms with Gasteiger partial charge in [0.15, 0.2) is 0 Å². The third-order valence-corrected chi connectivity index (χ3v) is 4.51. The molecule has 1 amide bonds. The normalized spacial score (nSPS) is 17.7. The summed E-state index contributed by atoms with van der Waals surface area (Å²) in [5, 5.41) is 0.682. The van der Waals surface area contributed by atoms with Crippen LogP contribution in [0.4, 0.5) is 0 Å². The summed E-state index contributed by atoms with van der Waals surface area (Å²) in [6, 6.07) is 16.3. The smallest absolute Gasteiger partial charge is 0.227 e. The first-order chi connectivity index (χ1) is 10.6. The number of hydrogen-bond acceptors (Lipinski definition) is 1. The van der Waals surface area contributed by atoms with E-state index in [1.807, 2.05) is 29.2 Å². The summed E-state index contributed by atoms with van der Waals surface area (Å²) >= 11 is 6.00. The molecule has 114 valence electrons. The lowest BCUT2D eigenvalue weighted by Crippen LogP contribution is -2.31. The summed E-state index contributed by atoms with van der Waals surface area (Å²) in [6.45, 7) is 2.93. The largest absolute Gasteiger partial charge is 0.335 e. The molecule has 0 saturated carbocycles. The van der Waals surface area contributed by atoms with E-state index >= 15 is 0 Å². The van der Waals surface area contributed by atoms with Crippen LogP contribution < -0.4 is 0 Å². The monoisotopic (exact) mass is 313 g/mol. The van der Waals surface area contributed by atoms with Crippen molar-refractivity contribution in [2.45, 2.75) is 32.2 Å². The van der Waals surface area contributed by atoms with E-state index in [9.17, 15) is 4.79 Å². The van der Waals surface area contributed by atoms with Crippen molar-refractivity contribution >= 4 is 17.5 Å². The molecular weight excluding hydrogens is 294 g/mol. The van der Waals surface area contributed by atoms with E-state index in [1.165, 1.54) is 11.1 Å². The Kier molecular flexibility index (Phi) is 4.49. The molecular formula is C19H20ClNO. The number of carbonyl (C=O) groups is 1. The molecule has 0 aliphatic carbocycles. The molecule has 3 rings (SSSR count). The highest BCUT2D eigenvalue weighted by Crippen LogP contribution is 2.32. The number of amides is 1. The fourth-order valence-electron chi connectivity index (χ4n) is 3.12. The van der Waals surface area contributed by atoms with Crippen molar-refractivity contribution in [3.8, 4) is 0 Å². The lowest BCUT2D eigenvalue weighted by Gasteiger charge is -2.25. The lowest BCUT2D eigenvalue weighted by molar-refractivity contribution is -0.131. The maximum absolute atomic E-state index is 12.7. The zero-order valence-corrected chi connectivity index (χ0v) is 13.5. The number of halogens is 1. The molecule has 1 saturated heterocycles. The van der Waals surface area contributed by atoms with Crippen molar-refractivity contribution < 1.29 is 4.79 Å². The first kappa shape index (κ1) is 15.1. The van der Waals surface area contributed by atoms with Gasteiger partial charge in [-0.05, 0) is 43.0 Å². The van der Waals surface area contributed by atoms with Crippen LogP contribution in [0.25, 0.3) is 0 Å². The Morgan fingerprint density at radius 1 is 1.23 bits per heavy atom. The topological polar surface area (TPSA) is 20.3 Å². The highest BCUT2D eigenvalue weighted by molar-refractivity contribution is 6.30. The minimum Gasteiger partial charge on any atom is -0.335 e. The van der Waals surface area contributed by atoms with Crippen LogP contribution in [0.5, 0.6) is 0 Å². The SMILES string of the molecule is Cc1ccc(C2CCCN2C(=O)Cc2cccc(Cl)c2)cc1. The zero-order valence-electron chi connectivity index (χ0n) is 12.8. The van der Waals surface area contributed by atoms with E-state index < -0.39 is 0 Å². The summed E-state index contributed by atoms with van der Waals surface area (Å²) in [4.78, 5) is 14.7. The van der Waals surface area contributed by atoms with E-state index in [4.69, 9.17) is 11.6 Å². The second kappa shape index (κ2) is 6.53. The Hall–Kier alpha value is -1.80. The van der Waals surface area contributed by atoms with E-state index in [1.54, 1.807) is 0 Å². The van der Waals surface area contributed by atoms with E-state index in [0.29, 0.717) is 11.4 Å². The van der Waals surface area contributed by atoms with Crippen LogP contribution in [0.3, 0.4) is 0 Å². The van der Waals surface area contributed by atoms with Gasteiger partial charge in [-0.2, -0.15) is 0 Å². The summed E-state index contributed by atoms with van der Waals surface area (Å²) in [5.74, 6) is 0.186. The standard InChI is InChI=1S/C19H20ClNO/c1-14-7-9-16(10-8-14)18-6-3-11-21(18)19(22)13-15-4-2-5-17(20)12-15/h2,4-5,7-10,12,18H,3,6,11,13H2,1H3. The first-order valence-corrected chi connectivity index (χ1v) is 8.12. The van der Waals surface area contributed by atoms with E-state index in [0.717, 1.165) is 24.9 Å². The van der Waals surface area contributed by atoms with Crippen molar-refractivity contribution in [2.75, 3.05) is 6.54 Å². The number of likely N-dealkylation sites (tertiary alicyclic amines) is 1. The quantitative estimate of drug-likeness (QED) is 0.813. The first-order valence-electron chi connectivity index (χ1n) is 7.74. The van der Waals surface area contributed by atoms with Crippen LogP contribution in [0.15, 0.2) is 48.5 Å². The predicted octanol–water partition coefficient (Wildman–Crippen LogP) is 4.55. The lowest BCUT2D eigenvalue weighted by atomic mass is 10.0. The Morgan fingerprint density at radius 3 is 2.73 bits per heavy atom. The number of aryl methyl sites for hydroxylation is 1. The maximum atomic E-state index is 12.7. The molecule has 0 bridgehead atoms. The van der Waals surface area contributed by atoms with Gasteiger partial charge < -0.3 is 4.90 Å². The number of rotatable bonds is 3. The Bertz CT molecular complexity index is 665. The molecule has 1 aliphatic rings. The van der Waals surface area contributed by atoms with Crippen LogP contribution in [0.2, 0.25) is 5.02 Å². The third-order valence-electron chi connectivity index (χ3n) is 4.28. The van der Waals surface area contributed by atoms with Crippen molar-refractivity contribution in [2.24, 2.45) is 0 Å². The van der Waals surface area contributed by atoms with Crippen LogP contribution in [-0.4, -0.2) is 17.4 Å². The average Bonchev–Trinajstić information content (AvgIpc) is 2.97. The van der Waals surface area contributed by atoms with Gasteiger partial charge in [0, 0.05) is 11.6 Å². The van der Waals surface area contributed by atoms with E-state index in [2.05, 4.69) is 31.2 Å². The van der Waals surface area contributed by atoms with Gasteiger partial charge in [0.1, 0.15) is 0 Å².